The summed E-state index contributed by atoms with van der Waals surface area (Å²) in [6.45, 7) is 5.26. The largest absolute Gasteiger partial charge is 0.479 e. The van der Waals surface area contributed by atoms with E-state index in [1.807, 2.05) is 26.0 Å². The van der Waals surface area contributed by atoms with Gasteiger partial charge in [-0.05, 0) is 49.3 Å². The van der Waals surface area contributed by atoms with Crippen molar-refractivity contribution in [2.45, 2.75) is 39.2 Å². The molecule has 22 heavy (non-hydrogen) atoms. The standard InChI is InChI=1S/C17H23NO4/c1-11-3-4-14(9-12(11)2)16(17(20)21)18-15(19)10-13-5-7-22-8-6-13/h3-4,9,13,16H,5-8,10H2,1-2H3,(H,18,19)(H,20,21). The highest BCUT2D eigenvalue weighted by Crippen LogP contribution is 2.21. The Morgan fingerprint density at radius 1 is 1.27 bits per heavy atom. The fourth-order valence-corrected chi connectivity index (χ4v) is 2.66. The number of carboxylic acid groups (broad SMARTS) is 1. The van der Waals surface area contributed by atoms with Crippen molar-refractivity contribution in [1.82, 2.24) is 5.32 Å². The summed E-state index contributed by atoms with van der Waals surface area (Å²) < 4.78 is 5.27. The van der Waals surface area contributed by atoms with Gasteiger partial charge < -0.3 is 15.2 Å². The van der Waals surface area contributed by atoms with Crippen LogP contribution in [0.1, 0.15) is 42.0 Å². The Balaban J connectivity index is 2.03. The molecule has 1 saturated heterocycles. The van der Waals surface area contributed by atoms with Crippen molar-refractivity contribution in [3.05, 3.63) is 34.9 Å². The summed E-state index contributed by atoms with van der Waals surface area (Å²) in [6, 6.07) is 4.47. The molecule has 1 heterocycles. The minimum atomic E-state index is -1.04. The van der Waals surface area contributed by atoms with Gasteiger partial charge in [0.25, 0.3) is 0 Å². The molecule has 2 rings (SSSR count). The first-order valence-corrected chi connectivity index (χ1v) is 7.64. The molecule has 2 N–H and O–H groups in total. The van der Waals surface area contributed by atoms with E-state index in [1.165, 1.54) is 0 Å². The van der Waals surface area contributed by atoms with E-state index < -0.39 is 12.0 Å². The number of hydrogen-bond acceptors (Lipinski definition) is 3. The van der Waals surface area contributed by atoms with E-state index >= 15 is 0 Å². The second-order valence-electron chi connectivity index (χ2n) is 5.94. The van der Waals surface area contributed by atoms with Gasteiger partial charge in [-0.15, -0.1) is 0 Å². The minimum Gasteiger partial charge on any atom is -0.479 e. The van der Waals surface area contributed by atoms with E-state index in [0.29, 0.717) is 25.2 Å². The molecule has 1 aliphatic heterocycles. The van der Waals surface area contributed by atoms with Crippen LogP contribution in [0.2, 0.25) is 0 Å². The number of carboxylic acids is 1. The van der Waals surface area contributed by atoms with Gasteiger partial charge >= 0.3 is 5.97 Å². The SMILES string of the molecule is Cc1ccc(C(NC(=O)CC2CCOCC2)C(=O)O)cc1C. The van der Waals surface area contributed by atoms with Crippen LogP contribution >= 0.6 is 0 Å². The average molecular weight is 305 g/mol. The summed E-state index contributed by atoms with van der Waals surface area (Å²) in [5.41, 5.74) is 2.72. The average Bonchev–Trinajstić information content (AvgIpc) is 2.48. The van der Waals surface area contributed by atoms with Crippen LogP contribution in [0, 0.1) is 19.8 Å². The number of hydrogen-bond donors (Lipinski definition) is 2. The van der Waals surface area contributed by atoms with Gasteiger partial charge in [-0.3, -0.25) is 4.79 Å². The third-order valence-electron chi connectivity index (χ3n) is 4.23. The zero-order valence-electron chi connectivity index (χ0n) is 13.1. The van der Waals surface area contributed by atoms with Crippen LogP contribution in [-0.2, 0) is 14.3 Å². The van der Waals surface area contributed by atoms with Crippen LogP contribution in [0.5, 0.6) is 0 Å². The number of benzene rings is 1. The molecular weight excluding hydrogens is 282 g/mol. The monoisotopic (exact) mass is 305 g/mol. The van der Waals surface area contributed by atoms with Gasteiger partial charge in [-0.25, -0.2) is 4.79 Å². The molecule has 0 spiro atoms. The van der Waals surface area contributed by atoms with Crippen molar-refractivity contribution in [1.29, 1.82) is 0 Å². The first kappa shape index (κ1) is 16.5. The number of ether oxygens (including phenoxy) is 1. The Morgan fingerprint density at radius 3 is 2.55 bits per heavy atom. The van der Waals surface area contributed by atoms with E-state index in [-0.39, 0.29) is 11.8 Å². The quantitative estimate of drug-likeness (QED) is 0.875. The summed E-state index contributed by atoms with van der Waals surface area (Å²) in [7, 11) is 0. The number of amides is 1. The highest BCUT2D eigenvalue weighted by atomic mass is 16.5. The zero-order valence-corrected chi connectivity index (χ0v) is 13.1. The van der Waals surface area contributed by atoms with Gasteiger partial charge in [0.1, 0.15) is 0 Å². The summed E-state index contributed by atoms with van der Waals surface area (Å²) >= 11 is 0. The normalized spacial score (nSPS) is 17.0. The molecule has 120 valence electrons. The van der Waals surface area contributed by atoms with Crippen LogP contribution in [0.25, 0.3) is 0 Å². The highest BCUT2D eigenvalue weighted by molar-refractivity contribution is 5.84. The van der Waals surface area contributed by atoms with E-state index in [2.05, 4.69) is 5.32 Å². The molecule has 0 bridgehead atoms. The molecule has 0 saturated carbocycles. The van der Waals surface area contributed by atoms with Crippen molar-refractivity contribution >= 4 is 11.9 Å². The maximum atomic E-state index is 12.1. The van der Waals surface area contributed by atoms with E-state index in [1.54, 1.807) is 6.07 Å². The van der Waals surface area contributed by atoms with Gasteiger partial charge in [-0.2, -0.15) is 0 Å². The number of carbonyl (C=O) groups is 2. The fraction of sp³-hybridized carbons (Fsp3) is 0.529. The van der Waals surface area contributed by atoms with Crippen molar-refractivity contribution in [2.75, 3.05) is 13.2 Å². The lowest BCUT2D eigenvalue weighted by Crippen LogP contribution is -2.35. The molecule has 5 nitrogen and oxygen atoms in total. The van der Waals surface area contributed by atoms with Crippen LogP contribution < -0.4 is 5.32 Å². The second kappa shape index (κ2) is 7.40. The number of rotatable bonds is 5. The molecule has 1 unspecified atom stereocenters. The molecule has 1 amide bonds. The van der Waals surface area contributed by atoms with Crippen molar-refractivity contribution in [3.63, 3.8) is 0 Å². The Hall–Kier alpha value is -1.88. The van der Waals surface area contributed by atoms with Gasteiger partial charge in [0, 0.05) is 19.6 Å². The highest BCUT2D eigenvalue weighted by Gasteiger charge is 2.24. The van der Waals surface area contributed by atoms with Crippen LogP contribution in [0.15, 0.2) is 18.2 Å². The van der Waals surface area contributed by atoms with Gasteiger partial charge in [0.2, 0.25) is 5.91 Å². The number of aryl methyl sites for hydroxylation is 2. The number of nitrogens with one attached hydrogen (secondary N) is 1. The Labute approximate surface area is 130 Å². The Morgan fingerprint density at radius 2 is 1.95 bits per heavy atom. The molecule has 0 aliphatic carbocycles. The van der Waals surface area contributed by atoms with E-state index in [4.69, 9.17) is 4.74 Å². The van der Waals surface area contributed by atoms with E-state index in [9.17, 15) is 14.7 Å². The number of aliphatic carboxylic acids is 1. The van der Waals surface area contributed by atoms with Gasteiger partial charge in [0.05, 0.1) is 0 Å². The minimum absolute atomic E-state index is 0.211. The lowest BCUT2D eigenvalue weighted by atomic mass is 9.95. The molecule has 1 aromatic rings. The summed E-state index contributed by atoms with van der Waals surface area (Å²) in [5.74, 6) is -0.968. The molecule has 5 heteroatoms. The van der Waals surface area contributed by atoms with E-state index in [0.717, 1.165) is 24.0 Å². The predicted octanol–water partition coefficient (Wildman–Crippen LogP) is 2.36. The third kappa shape index (κ3) is 4.31. The smallest absolute Gasteiger partial charge is 0.330 e. The molecule has 0 radical (unpaired) electrons. The molecular formula is C17H23NO4. The van der Waals surface area contributed by atoms with Crippen molar-refractivity contribution < 1.29 is 19.4 Å². The number of carbonyl (C=O) groups excluding carboxylic acids is 1. The maximum Gasteiger partial charge on any atom is 0.330 e. The van der Waals surface area contributed by atoms with Gasteiger partial charge in [-0.1, -0.05) is 18.2 Å². The first-order chi connectivity index (χ1) is 10.5. The Bertz CT molecular complexity index is 550. The van der Waals surface area contributed by atoms with Crippen molar-refractivity contribution in [3.8, 4) is 0 Å². The van der Waals surface area contributed by atoms with Crippen LogP contribution in [-0.4, -0.2) is 30.2 Å². The lowest BCUT2D eigenvalue weighted by Gasteiger charge is -2.22. The molecule has 0 aromatic heterocycles. The maximum absolute atomic E-state index is 12.1. The fourth-order valence-electron chi connectivity index (χ4n) is 2.66. The molecule has 1 aromatic carbocycles. The summed E-state index contributed by atoms with van der Waals surface area (Å²) in [4.78, 5) is 23.6. The topological polar surface area (TPSA) is 75.6 Å². The van der Waals surface area contributed by atoms with Crippen molar-refractivity contribution in [2.24, 2.45) is 5.92 Å². The predicted molar refractivity (Wildman–Crippen MR) is 82.6 cm³/mol. The second-order valence-corrected chi connectivity index (χ2v) is 5.94. The molecule has 1 atom stereocenters. The third-order valence-corrected chi connectivity index (χ3v) is 4.23. The van der Waals surface area contributed by atoms with Gasteiger partial charge in [0.15, 0.2) is 6.04 Å². The first-order valence-electron chi connectivity index (χ1n) is 7.64. The summed E-state index contributed by atoms with van der Waals surface area (Å²) in [6.07, 6.45) is 2.07. The van der Waals surface area contributed by atoms with Crippen LogP contribution in [0.3, 0.4) is 0 Å². The zero-order chi connectivity index (χ0) is 16.1. The Kier molecular flexibility index (Phi) is 5.55. The summed E-state index contributed by atoms with van der Waals surface area (Å²) in [5, 5.41) is 12.1. The lowest BCUT2D eigenvalue weighted by molar-refractivity contribution is -0.142. The molecule has 1 aliphatic rings. The molecule has 1 fully saturated rings. The van der Waals surface area contributed by atoms with Crippen LogP contribution in [0.4, 0.5) is 0 Å².